The molecule has 2 rings (SSSR count). The van der Waals surface area contributed by atoms with E-state index in [4.69, 9.17) is 0 Å². The van der Waals surface area contributed by atoms with Gasteiger partial charge in [0.05, 0.1) is 0 Å². The minimum Gasteiger partial charge on any atom is -0.352 e. The Kier molecular flexibility index (Phi) is 4.42. The first-order valence-electron chi connectivity index (χ1n) is 7.13. The zero-order valence-corrected chi connectivity index (χ0v) is 12.3. The van der Waals surface area contributed by atoms with Crippen LogP contribution in [-0.2, 0) is 4.79 Å². The fourth-order valence-corrected chi connectivity index (χ4v) is 2.54. The van der Waals surface area contributed by atoms with E-state index < -0.39 is 0 Å². The summed E-state index contributed by atoms with van der Waals surface area (Å²) in [6.07, 6.45) is 0.829. The molecule has 1 unspecified atom stereocenters. The van der Waals surface area contributed by atoms with Gasteiger partial charge in [-0.3, -0.25) is 9.59 Å². The number of benzene rings is 1. The summed E-state index contributed by atoms with van der Waals surface area (Å²) in [6, 6.07) is 7.90. The highest BCUT2D eigenvalue weighted by molar-refractivity contribution is 5.94. The second-order valence-corrected chi connectivity index (χ2v) is 5.71. The number of carbonyl (C=O) groups excluding carboxylic acids is 2. The van der Waals surface area contributed by atoms with Gasteiger partial charge in [-0.1, -0.05) is 26.0 Å². The quantitative estimate of drug-likeness (QED) is 0.918. The minimum absolute atomic E-state index is 0.0365. The van der Waals surface area contributed by atoms with Crippen LogP contribution in [0.2, 0.25) is 0 Å². The predicted molar refractivity (Wildman–Crippen MR) is 78.7 cm³/mol. The Balaban J connectivity index is 1.99. The molecular formula is C16H22N2O2. The number of amides is 2. The molecule has 1 N–H and O–H groups in total. The summed E-state index contributed by atoms with van der Waals surface area (Å²) in [4.78, 5) is 25.2. The molecule has 1 fully saturated rings. The number of nitrogens with zero attached hydrogens (tertiary/aromatic N) is 1. The van der Waals surface area contributed by atoms with E-state index in [0.29, 0.717) is 19.0 Å². The molecule has 4 nitrogen and oxygen atoms in total. The van der Waals surface area contributed by atoms with Crippen molar-refractivity contribution in [3.8, 4) is 0 Å². The number of hydrogen-bond donors (Lipinski definition) is 1. The van der Waals surface area contributed by atoms with E-state index in [1.807, 2.05) is 29.2 Å². The second-order valence-electron chi connectivity index (χ2n) is 5.71. The molecule has 0 aliphatic carbocycles. The Morgan fingerprint density at radius 2 is 1.90 bits per heavy atom. The van der Waals surface area contributed by atoms with E-state index >= 15 is 0 Å². The fourth-order valence-electron chi connectivity index (χ4n) is 2.54. The molecule has 0 spiro atoms. The van der Waals surface area contributed by atoms with E-state index in [1.54, 1.807) is 0 Å². The lowest BCUT2D eigenvalue weighted by atomic mass is 10.0. The summed E-state index contributed by atoms with van der Waals surface area (Å²) in [5, 5.41) is 2.87. The van der Waals surface area contributed by atoms with Crippen LogP contribution in [0.4, 0.5) is 0 Å². The summed E-state index contributed by atoms with van der Waals surface area (Å²) < 4.78 is 0. The summed E-state index contributed by atoms with van der Waals surface area (Å²) in [5.74, 6) is 0.480. The van der Waals surface area contributed by atoms with Crippen molar-refractivity contribution >= 4 is 11.8 Å². The molecule has 1 atom stereocenters. The van der Waals surface area contributed by atoms with Gasteiger partial charge >= 0.3 is 0 Å². The Bertz CT molecular complexity index is 494. The first kappa shape index (κ1) is 14.6. The molecule has 0 bridgehead atoms. The third-order valence-electron chi connectivity index (χ3n) is 3.71. The van der Waals surface area contributed by atoms with Gasteiger partial charge in [-0.05, 0) is 30.0 Å². The molecule has 1 saturated heterocycles. The van der Waals surface area contributed by atoms with Gasteiger partial charge in [-0.25, -0.2) is 0 Å². The summed E-state index contributed by atoms with van der Waals surface area (Å²) in [7, 11) is 0. The van der Waals surface area contributed by atoms with Gasteiger partial charge in [0.15, 0.2) is 0 Å². The van der Waals surface area contributed by atoms with E-state index in [9.17, 15) is 9.59 Å². The smallest absolute Gasteiger partial charge is 0.253 e. The number of hydrogen-bond acceptors (Lipinski definition) is 2. The average Bonchev–Trinajstić information content (AvgIpc) is 2.85. The number of carbonyl (C=O) groups is 2. The van der Waals surface area contributed by atoms with Gasteiger partial charge < -0.3 is 10.2 Å². The molecule has 4 heteroatoms. The van der Waals surface area contributed by atoms with Crippen LogP contribution in [0, 0.1) is 0 Å². The van der Waals surface area contributed by atoms with E-state index in [1.165, 1.54) is 12.5 Å². The molecule has 20 heavy (non-hydrogen) atoms. The monoisotopic (exact) mass is 274 g/mol. The van der Waals surface area contributed by atoms with Gasteiger partial charge in [-0.2, -0.15) is 0 Å². The molecule has 1 aliphatic rings. The van der Waals surface area contributed by atoms with Crippen molar-refractivity contribution in [3.63, 3.8) is 0 Å². The number of likely N-dealkylation sites (tertiary alicyclic amines) is 1. The second kappa shape index (κ2) is 6.07. The van der Waals surface area contributed by atoms with Crippen molar-refractivity contribution in [2.75, 3.05) is 13.1 Å². The van der Waals surface area contributed by atoms with Crippen LogP contribution in [0.1, 0.15) is 49.0 Å². The van der Waals surface area contributed by atoms with Crippen molar-refractivity contribution in [1.29, 1.82) is 0 Å². The fraction of sp³-hybridized carbons (Fsp3) is 0.500. The molecule has 0 saturated carbocycles. The lowest BCUT2D eigenvalue weighted by Gasteiger charge is -2.17. The summed E-state index contributed by atoms with van der Waals surface area (Å²) in [6.45, 7) is 7.08. The number of nitrogens with one attached hydrogen (secondary N) is 1. The maximum Gasteiger partial charge on any atom is 0.253 e. The molecule has 2 amide bonds. The Morgan fingerprint density at radius 1 is 1.25 bits per heavy atom. The zero-order valence-electron chi connectivity index (χ0n) is 12.3. The van der Waals surface area contributed by atoms with Gasteiger partial charge in [0.2, 0.25) is 5.91 Å². The maximum absolute atomic E-state index is 12.4. The van der Waals surface area contributed by atoms with Crippen LogP contribution in [-0.4, -0.2) is 35.8 Å². The van der Waals surface area contributed by atoms with Gasteiger partial charge in [0, 0.05) is 31.6 Å². The van der Waals surface area contributed by atoms with Crippen molar-refractivity contribution in [1.82, 2.24) is 10.2 Å². The van der Waals surface area contributed by atoms with Crippen molar-refractivity contribution < 1.29 is 9.59 Å². The first-order chi connectivity index (χ1) is 9.47. The van der Waals surface area contributed by atoms with Crippen LogP contribution >= 0.6 is 0 Å². The standard InChI is InChI=1S/C16H22N2O2/c1-11(2)13-4-6-14(7-5-13)16(20)18-9-8-15(10-18)17-12(3)19/h4-7,11,15H,8-10H2,1-3H3,(H,17,19). The van der Waals surface area contributed by atoms with Crippen LogP contribution < -0.4 is 5.32 Å². The minimum atomic E-state index is -0.0365. The highest BCUT2D eigenvalue weighted by Crippen LogP contribution is 2.17. The molecule has 0 radical (unpaired) electrons. The Morgan fingerprint density at radius 3 is 2.45 bits per heavy atom. The van der Waals surface area contributed by atoms with E-state index in [0.717, 1.165) is 12.0 Å². The van der Waals surface area contributed by atoms with Crippen molar-refractivity contribution in [2.24, 2.45) is 0 Å². The Labute approximate surface area is 120 Å². The topological polar surface area (TPSA) is 49.4 Å². The van der Waals surface area contributed by atoms with Gasteiger partial charge in [-0.15, -0.1) is 0 Å². The van der Waals surface area contributed by atoms with Crippen LogP contribution in [0.5, 0.6) is 0 Å². The average molecular weight is 274 g/mol. The predicted octanol–water partition coefficient (Wildman–Crippen LogP) is 2.16. The summed E-state index contributed by atoms with van der Waals surface area (Å²) in [5.41, 5.74) is 1.96. The lowest BCUT2D eigenvalue weighted by Crippen LogP contribution is -2.37. The zero-order chi connectivity index (χ0) is 14.7. The number of rotatable bonds is 3. The molecular weight excluding hydrogens is 252 g/mol. The van der Waals surface area contributed by atoms with E-state index in [2.05, 4.69) is 19.2 Å². The van der Waals surface area contributed by atoms with Crippen molar-refractivity contribution in [3.05, 3.63) is 35.4 Å². The molecule has 0 aromatic heterocycles. The van der Waals surface area contributed by atoms with Crippen LogP contribution in [0.3, 0.4) is 0 Å². The van der Waals surface area contributed by atoms with Gasteiger partial charge in [0.25, 0.3) is 5.91 Å². The highest BCUT2D eigenvalue weighted by Gasteiger charge is 2.27. The largest absolute Gasteiger partial charge is 0.352 e. The Hall–Kier alpha value is -1.84. The first-order valence-corrected chi connectivity index (χ1v) is 7.13. The normalized spacial score (nSPS) is 18.4. The van der Waals surface area contributed by atoms with E-state index in [-0.39, 0.29) is 17.9 Å². The molecule has 1 aromatic carbocycles. The highest BCUT2D eigenvalue weighted by atomic mass is 16.2. The van der Waals surface area contributed by atoms with Crippen molar-refractivity contribution in [2.45, 2.75) is 39.2 Å². The van der Waals surface area contributed by atoms with Gasteiger partial charge in [0.1, 0.15) is 0 Å². The molecule has 1 aromatic rings. The molecule has 1 heterocycles. The van der Waals surface area contributed by atoms with Crippen LogP contribution in [0.25, 0.3) is 0 Å². The maximum atomic E-state index is 12.4. The third kappa shape index (κ3) is 3.38. The lowest BCUT2D eigenvalue weighted by molar-refractivity contribution is -0.119. The molecule has 108 valence electrons. The van der Waals surface area contributed by atoms with Crippen LogP contribution in [0.15, 0.2) is 24.3 Å². The SMILES string of the molecule is CC(=O)NC1CCN(C(=O)c2ccc(C(C)C)cc2)C1. The third-order valence-corrected chi connectivity index (χ3v) is 3.71. The molecule has 1 aliphatic heterocycles. The summed E-state index contributed by atoms with van der Waals surface area (Å²) >= 11 is 0.